The minimum absolute atomic E-state index is 0.0322. The lowest BCUT2D eigenvalue weighted by molar-refractivity contribution is -0.151. The second kappa shape index (κ2) is 6.91. The number of esters is 1. The third kappa shape index (κ3) is 2.97. The van der Waals surface area contributed by atoms with Crippen molar-refractivity contribution in [2.75, 3.05) is 11.4 Å². The molecule has 0 saturated carbocycles. The number of benzene rings is 1. The van der Waals surface area contributed by atoms with Gasteiger partial charge in [0.05, 0.1) is 0 Å². The van der Waals surface area contributed by atoms with Gasteiger partial charge in [0.25, 0.3) is 0 Å². The number of ether oxygens (including phenoxy) is 2. The molecule has 9 heteroatoms. The van der Waals surface area contributed by atoms with E-state index in [1.165, 1.54) is 6.92 Å². The van der Waals surface area contributed by atoms with Crippen molar-refractivity contribution in [3.8, 4) is 6.07 Å². The molecule has 9 nitrogen and oxygen atoms in total. The Balaban J connectivity index is 2.38. The van der Waals surface area contributed by atoms with Crippen LogP contribution >= 0.6 is 0 Å². The van der Waals surface area contributed by atoms with Gasteiger partial charge in [0, 0.05) is 11.3 Å². The van der Waals surface area contributed by atoms with E-state index in [1.54, 1.807) is 45.0 Å². The molecule has 2 amide bonds. The van der Waals surface area contributed by atoms with Crippen LogP contribution in [0.15, 0.2) is 47.1 Å². The lowest BCUT2D eigenvalue weighted by Gasteiger charge is -2.35. The van der Waals surface area contributed by atoms with Crippen LogP contribution in [0.5, 0.6) is 0 Å². The highest BCUT2D eigenvalue weighted by atomic mass is 16.6. The Hall–Kier alpha value is -3.80. The maximum Gasteiger partial charge on any atom is 0.339 e. The molecule has 1 aromatic carbocycles. The molecule has 0 aromatic heterocycles. The molecule has 1 unspecified atom stereocenters. The average molecular weight is 410 g/mol. The number of rotatable bonds is 3. The van der Waals surface area contributed by atoms with E-state index in [2.05, 4.69) is 0 Å². The summed E-state index contributed by atoms with van der Waals surface area (Å²) in [7, 11) is 0. The fourth-order valence-electron chi connectivity index (χ4n) is 3.85. The summed E-state index contributed by atoms with van der Waals surface area (Å²) >= 11 is 0. The fraction of sp³-hybridized carbons (Fsp3) is 0.333. The minimum atomic E-state index is -1.91. The van der Waals surface area contributed by atoms with Gasteiger partial charge in [-0.25, -0.2) is 4.79 Å². The second-order valence-corrected chi connectivity index (χ2v) is 8.01. The Bertz CT molecular complexity index is 1070. The maximum atomic E-state index is 13.8. The van der Waals surface area contributed by atoms with Crippen LogP contribution in [0.2, 0.25) is 0 Å². The number of anilines is 1. The molecule has 1 spiro atoms. The molecule has 0 radical (unpaired) electrons. The van der Waals surface area contributed by atoms with Crippen molar-refractivity contribution < 1.29 is 23.9 Å². The normalized spacial score (nSPS) is 20.8. The van der Waals surface area contributed by atoms with E-state index in [1.807, 2.05) is 6.07 Å². The molecular weight excluding hydrogens is 388 g/mol. The summed E-state index contributed by atoms with van der Waals surface area (Å²) in [5.74, 6) is -2.55. The Morgan fingerprint density at radius 3 is 2.50 bits per heavy atom. The zero-order chi connectivity index (χ0) is 22.4. The molecule has 4 N–H and O–H groups in total. The lowest BCUT2D eigenvalue weighted by Crippen LogP contribution is -2.50. The smallest absolute Gasteiger partial charge is 0.339 e. The van der Waals surface area contributed by atoms with Crippen molar-refractivity contribution in [3.63, 3.8) is 0 Å². The zero-order valence-electron chi connectivity index (χ0n) is 17.1. The van der Waals surface area contributed by atoms with Gasteiger partial charge in [0.15, 0.2) is 5.41 Å². The van der Waals surface area contributed by atoms with Crippen LogP contribution in [0.4, 0.5) is 5.69 Å². The van der Waals surface area contributed by atoms with Gasteiger partial charge in [-0.15, -0.1) is 0 Å². The van der Waals surface area contributed by atoms with Crippen LogP contribution in [0, 0.1) is 11.3 Å². The number of carbonyl (C=O) groups excluding carboxylic acids is 3. The predicted molar refractivity (Wildman–Crippen MR) is 106 cm³/mol. The van der Waals surface area contributed by atoms with E-state index in [4.69, 9.17) is 20.9 Å². The van der Waals surface area contributed by atoms with Crippen LogP contribution in [-0.4, -0.2) is 29.9 Å². The maximum absolute atomic E-state index is 13.8. The molecule has 156 valence electrons. The Morgan fingerprint density at radius 2 is 1.93 bits per heavy atom. The van der Waals surface area contributed by atoms with Gasteiger partial charge in [-0.3, -0.25) is 9.59 Å². The van der Waals surface area contributed by atoms with Crippen LogP contribution < -0.4 is 16.4 Å². The van der Waals surface area contributed by atoms with E-state index in [0.717, 1.165) is 4.90 Å². The summed E-state index contributed by atoms with van der Waals surface area (Å²) in [6, 6.07) is 8.45. The second-order valence-electron chi connectivity index (χ2n) is 8.01. The first-order valence-corrected chi connectivity index (χ1v) is 9.17. The van der Waals surface area contributed by atoms with Gasteiger partial charge in [0.2, 0.25) is 17.7 Å². The van der Waals surface area contributed by atoms with Gasteiger partial charge < -0.3 is 25.8 Å². The van der Waals surface area contributed by atoms with Crippen LogP contribution in [0.25, 0.3) is 0 Å². The molecule has 3 rings (SSSR count). The van der Waals surface area contributed by atoms with E-state index < -0.39 is 35.3 Å². The van der Waals surface area contributed by atoms with Crippen LogP contribution in [-0.2, 0) is 29.3 Å². The van der Waals surface area contributed by atoms with Crippen molar-refractivity contribution >= 4 is 23.5 Å². The summed E-state index contributed by atoms with van der Waals surface area (Å²) < 4.78 is 11.0. The molecule has 1 aromatic rings. The molecule has 0 aliphatic carbocycles. The Kier molecular flexibility index (Phi) is 4.82. The molecule has 0 bridgehead atoms. The van der Waals surface area contributed by atoms with Crippen molar-refractivity contribution in [3.05, 3.63) is 52.6 Å². The Morgan fingerprint density at radius 1 is 1.30 bits per heavy atom. The minimum Gasteiger partial charge on any atom is -0.456 e. The third-order valence-corrected chi connectivity index (χ3v) is 4.81. The number of allylic oxidation sites excluding steroid dienone is 1. The number of amides is 2. The molecule has 2 aliphatic heterocycles. The first-order valence-electron chi connectivity index (χ1n) is 9.17. The predicted octanol–water partition coefficient (Wildman–Crippen LogP) is 1.10. The number of hydrogen-bond acceptors (Lipinski definition) is 7. The molecular formula is C21H22N4O5. The Labute approximate surface area is 173 Å². The van der Waals surface area contributed by atoms with E-state index >= 15 is 0 Å². The number of carbonyl (C=O) groups is 3. The summed E-state index contributed by atoms with van der Waals surface area (Å²) in [6.45, 7) is 6.06. The zero-order valence-corrected chi connectivity index (χ0v) is 17.1. The van der Waals surface area contributed by atoms with Gasteiger partial charge >= 0.3 is 5.97 Å². The summed E-state index contributed by atoms with van der Waals surface area (Å²) in [5.41, 5.74) is 8.79. The van der Waals surface area contributed by atoms with Gasteiger partial charge in [-0.05, 0) is 33.8 Å². The number of fused-ring (bicyclic) bond motifs is 2. The average Bonchev–Trinajstić information content (AvgIpc) is 2.84. The topological polar surface area (TPSA) is 149 Å². The van der Waals surface area contributed by atoms with Crippen molar-refractivity contribution in [1.82, 2.24) is 0 Å². The first kappa shape index (κ1) is 20.9. The van der Waals surface area contributed by atoms with Crippen LogP contribution in [0.3, 0.4) is 0 Å². The number of para-hydroxylation sites is 1. The number of nitrogens with two attached hydrogens (primary N) is 2. The van der Waals surface area contributed by atoms with E-state index in [9.17, 15) is 19.6 Å². The van der Waals surface area contributed by atoms with Crippen LogP contribution in [0.1, 0.15) is 33.3 Å². The summed E-state index contributed by atoms with van der Waals surface area (Å²) in [4.78, 5) is 39.8. The van der Waals surface area contributed by atoms with E-state index in [-0.39, 0.29) is 22.8 Å². The van der Waals surface area contributed by atoms with Gasteiger partial charge in [-0.2, -0.15) is 5.26 Å². The van der Waals surface area contributed by atoms with Gasteiger partial charge in [-0.1, -0.05) is 18.2 Å². The van der Waals surface area contributed by atoms with Crippen molar-refractivity contribution in [2.45, 2.75) is 38.7 Å². The lowest BCUT2D eigenvalue weighted by atomic mass is 9.68. The fourth-order valence-corrected chi connectivity index (χ4v) is 3.85. The highest BCUT2D eigenvalue weighted by molar-refractivity contribution is 6.19. The molecule has 0 fully saturated rings. The molecule has 30 heavy (non-hydrogen) atoms. The van der Waals surface area contributed by atoms with Crippen molar-refractivity contribution in [2.24, 2.45) is 11.5 Å². The highest BCUT2D eigenvalue weighted by Gasteiger charge is 2.62. The molecule has 0 saturated heterocycles. The quantitative estimate of drug-likeness (QED) is 0.709. The highest BCUT2D eigenvalue weighted by Crippen LogP contribution is 2.54. The standard InChI is InChI=1S/C21H22N4O5/c1-11-16(18(27)30-20(2,3)4)21(13(9-22)17(24)29-11)12-7-5-6-8-14(12)25(19(21)28)10-15(23)26/h5-8H,10,24H2,1-4H3,(H2,23,26). The molecule has 2 aliphatic rings. The summed E-state index contributed by atoms with van der Waals surface area (Å²) in [5, 5.41) is 9.91. The number of nitrogens with zero attached hydrogens (tertiary/aromatic N) is 2. The molecule has 1 atom stereocenters. The van der Waals surface area contributed by atoms with E-state index in [0.29, 0.717) is 11.3 Å². The molecule has 2 heterocycles. The largest absolute Gasteiger partial charge is 0.456 e. The number of nitriles is 1. The van der Waals surface area contributed by atoms with Crippen molar-refractivity contribution in [1.29, 1.82) is 5.26 Å². The monoisotopic (exact) mass is 410 g/mol. The van der Waals surface area contributed by atoms with Gasteiger partial charge in [0.1, 0.15) is 35.1 Å². The number of hydrogen-bond donors (Lipinski definition) is 2. The first-order chi connectivity index (χ1) is 13.9. The SMILES string of the molecule is CC1=C(C(=O)OC(C)(C)C)C2(C(=O)N(CC(N)=O)c3ccccc32)C(C#N)=C(N)O1. The summed E-state index contributed by atoms with van der Waals surface area (Å²) in [6.07, 6.45) is 0. The third-order valence-electron chi connectivity index (χ3n) is 4.81. The number of primary amides is 1.